The molecular formula is C16H10ClFO2. The highest BCUT2D eigenvalue weighted by molar-refractivity contribution is 6.33. The third-order valence-electron chi connectivity index (χ3n) is 3.10. The molecule has 3 aromatic rings. The van der Waals surface area contributed by atoms with Crippen molar-refractivity contribution in [3.05, 3.63) is 69.1 Å². The first-order chi connectivity index (χ1) is 9.56. The van der Waals surface area contributed by atoms with E-state index in [0.29, 0.717) is 16.5 Å². The molecule has 0 unspecified atom stereocenters. The van der Waals surface area contributed by atoms with Gasteiger partial charge in [0.2, 0.25) is 5.43 Å². The molecule has 2 aromatic carbocycles. The molecule has 1 heterocycles. The van der Waals surface area contributed by atoms with Crippen LogP contribution in [0.25, 0.3) is 22.3 Å². The second-order valence-corrected chi connectivity index (χ2v) is 4.96. The summed E-state index contributed by atoms with van der Waals surface area (Å²) in [4.78, 5) is 12.3. The molecule has 0 fully saturated rings. The summed E-state index contributed by atoms with van der Waals surface area (Å²) in [6.45, 7) is 1.89. The van der Waals surface area contributed by atoms with E-state index in [-0.39, 0.29) is 22.0 Å². The lowest BCUT2D eigenvalue weighted by Gasteiger charge is -2.06. The van der Waals surface area contributed by atoms with Gasteiger partial charge in [0.15, 0.2) is 5.76 Å². The summed E-state index contributed by atoms with van der Waals surface area (Å²) in [5.41, 5.74) is 1.70. The molecule has 2 nitrogen and oxygen atoms in total. The molecule has 3 rings (SSSR count). The number of rotatable bonds is 1. The van der Waals surface area contributed by atoms with Crippen LogP contribution in [-0.2, 0) is 0 Å². The highest BCUT2D eigenvalue weighted by Gasteiger charge is 2.14. The third-order valence-corrected chi connectivity index (χ3v) is 3.44. The number of hydrogen-bond acceptors (Lipinski definition) is 2. The van der Waals surface area contributed by atoms with Gasteiger partial charge in [0, 0.05) is 5.56 Å². The molecular weight excluding hydrogens is 279 g/mol. The maximum atomic E-state index is 13.0. The summed E-state index contributed by atoms with van der Waals surface area (Å²) in [6.07, 6.45) is 0. The average Bonchev–Trinajstić information content (AvgIpc) is 2.44. The highest BCUT2D eigenvalue weighted by atomic mass is 35.5. The van der Waals surface area contributed by atoms with Crippen molar-refractivity contribution in [2.24, 2.45) is 0 Å². The molecule has 1 aromatic heterocycles. The van der Waals surface area contributed by atoms with Crippen molar-refractivity contribution in [2.45, 2.75) is 6.92 Å². The van der Waals surface area contributed by atoms with Crippen LogP contribution in [0.5, 0.6) is 0 Å². The lowest BCUT2D eigenvalue weighted by molar-refractivity contribution is 0.615. The maximum Gasteiger partial charge on any atom is 0.211 e. The Bertz CT molecular complexity index is 851. The number of benzene rings is 2. The summed E-state index contributed by atoms with van der Waals surface area (Å²) in [5.74, 6) is -0.100. The fraction of sp³-hybridized carbons (Fsp3) is 0.0625. The van der Waals surface area contributed by atoms with Crippen LogP contribution in [0.1, 0.15) is 5.56 Å². The van der Waals surface area contributed by atoms with E-state index in [4.69, 9.17) is 16.0 Å². The standard InChI is InChI=1S/C16H10ClFO2/c1-9-2-7-13-12(8-9)15(19)14(17)16(20-13)10-3-5-11(18)6-4-10/h2-8H,1H3. The first-order valence-electron chi connectivity index (χ1n) is 6.05. The van der Waals surface area contributed by atoms with Gasteiger partial charge in [-0.25, -0.2) is 4.39 Å². The molecule has 0 aliphatic heterocycles. The molecule has 4 heteroatoms. The summed E-state index contributed by atoms with van der Waals surface area (Å²) < 4.78 is 18.7. The third kappa shape index (κ3) is 2.10. The van der Waals surface area contributed by atoms with Gasteiger partial charge >= 0.3 is 0 Å². The van der Waals surface area contributed by atoms with Crippen LogP contribution >= 0.6 is 11.6 Å². The Morgan fingerprint density at radius 1 is 1.10 bits per heavy atom. The Kier molecular flexibility index (Phi) is 3.07. The van der Waals surface area contributed by atoms with Crippen molar-refractivity contribution in [3.63, 3.8) is 0 Å². The quantitative estimate of drug-likeness (QED) is 0.657. The minimum absolute atomic E-state index is 0.00899. The Morgan fingerprint density at radius 3 is 2.50 bits per heavy atom. The smallest absolute Gasteiger partial charge is 0.211 e. The van der Waals surface area contributed by atoms with Gasteiger partial charge in [-0.2, -0.15) is 0 Å². The first-order valence-corrected chi connectivity index (χ1v) is 6.43. The molecule has 0 N–H and O–H groups in total. The molecule has 0 aliphatic carbocycles. The van der Waals surface area contributed by atoms with E-state index in [1.54, 1.807) is 12.1 Å². The minimum atomic E-state index is -0.358. The molecule has 0 spiro atoms. The molecule has 20 heavy (non-hydrogen) atoms. The SMILES string of the molecule is Cc1ccc2oc(-c3ccc(F)cc3)c(Cl)c(=O)c2c1. The molecule has 100 valence electrons. The van der Waals surface area contributed by atoms with Gasteiger partial charge in [0.1, 0.15) is 16.4 Å². The van der Waals surface area contributed by atoms with Gasteiger partial charge in [-0.05, 0) is 43.3 Å². The maximum absolute atomic E-state index is 13.0. The second-order valence-electron chi connectivity index (χ2n) is 4.58. The van der Waals surface area contributed by atoms with E-state index in [2.05, 4.69) is 0 Å². The van der Waals surface area contributed by atoms with E-state index in [0.717, 1.165) is 5.56 Å². The normalized spacial score (nSPS) is 10.9. The summed E-state index contributed by atoms with van der Waals surface area (Å²) in [6, 6.07) is 11.0. The van der Waals surface area contributed by atoms with E-state index < -0.39 is 0 Å². The fourth-order valence-corrected chi connectivity index (χ4v) is 2.32. The number of hydrogen-bond donors (Lipinski definition) is 0. The molecule has 0 bridgehead atoms. The topological polar surface area (TPSA) is 30.2 Å². The molecule has 0 atom stereocenters. The number of fused-ring (bicyclic) bond motifs is 1. The Balaban J connectivity index is 2.32. The number of aryl methyl sites for hydroxylation is 1. The zero-order chi connectivity index (χ0) is 14.3. The lowest BCUT2D eigenvalue weighted by atomic mass is 10.1. The zero-order valence-electron chi connectivity index (χ0n) is 10.6. The van der Waals surface area contributed by atoms with E-state index >= 15 is 0 Å². The van der Waals surface area contributed by atoms with Crippen molar-refractivity contribution in [3.8, 4) is 11.3 Å². The summed E-state index contributed by atoms with van der Waals surface area (Å²) in [7, 11) is 0. The second kappa shape index (κ2) is 4.76. The lowest BCUT2D eigenvalue weighted by Crippen LogP contribution is -2.04. The van der Waals surface area contributed by atoms with Crippen molar-refractivity contribution in [2.75, 3.05) is 0 Å². The van der Waals surface area contributed by atoms with Crippen LogP contribution in [-0.4, -0.2) is 0 Å². The van der Waals surface area contributed by atoms with Crippen LogP contribution in [0.15, 0.2) is 51.7 Å². The van der Waals surface area contributed by atoms with Crippen molar-refractivity contribution < 1.29 is 8.81 Å². The highest BCUT2D eigenvalue weighted by Crippen LogP contribution is 2.29. The predicted molar refractivity (Wildman–Crippen MR) is 77.6 cm³/mol. The number of halogens is 2. The Labute approximate surface area is 119 Å². The van der Waals surface area contributed by atoms with E-state index in [1.165, 1.54) is 24.3 Å². The monoisotopic (exact) mass is 288 g/mol. The van der Waals surface area contributed by atoms with Gasteiger partial charge in [-0.15, -0.1) is 0 Å². The molecule has 0 aliphatic rings. The van der Waals surface area contributed by atoms with Gasteiger partial charge in [-0.3, -0.25) is 4.79 Å². The van der Waals surface area contributed by atoms with Crippen molar-refractivity contribution >= 4 is 22.6 Å². The van der Waals surface area contributed by atoms with Gasteiger partial charge in [0.25, 0.3) is 0 Å². The zero-order valence-corrected chi connectivity index (χ0v) is 11.4. The largest absolute Gasteiger partial charge is 0.454 e. The molecule has 0 amide bonds. The molecule has 0 radical (unpaired) electrons. The molecule has 0 saturated heterocycles. The van der Waals surface area contributed by atoms with Crippen LogP contribution in [0.2, 0.25) is 5.02 Å². The van der Waals surface area contributed by atoms with E-state index in [1.807, 2.05) is 13.0 Å². The Hall–Kier alpha value is -2.13. The average molecular weight is 289 g/mol. The van der Waals surface area contributed by atoms with Crippen LogP contribution < -0.4 is 5.43 Å². The van der Waals surface area contributed by atoms with Crippen LogP contribution in [0.3, 0.4) is 0 Å². The van der Waals surface area contributed by atoms with Crippen molar-refractivity contribution in [1.82, 2.24) is 0 Å². The first kappa shape index (κ1) is 12.9. The van der Waals surface area contributed by atoms with Gasteiger partial charge in [0.05, 0.1) is 5.39 Å². The Morgan fingerprint density at radius 2 is 1.80 bits per heavy atom. The summed E-state index contributed by atoms with van der Waals surface area (Å²) in [5, 5.41) is 0.454. The van der Waals surface area contributed by atoms with Gasteiger partial charge in [-0.1, -0.05) is 23.2 Å². The van der Waals surface area contributed by atoms with E-state index in [9.17, 15) is 9.18 Å². The van der Waals surface area contributed by atoms with Crippen LogP contribution in [0.4, 0.5) is 4.39 Å². The molecule has 0 saturated carbocycles. The van der Waals surface area contributed by atoms with Crippen molar-refractivity contribution in [1.29, 1.82) is 0 Å². The minimum Gasteiger partial charge on any atom is -0.454 e. The van der Waals surface area contributed by atoms with Crippen LogP contribution in [0, 0.1) is 12.7 Å². The summed E-state index contributed by atoms with van der Waals surface area (Å²) >= 11 is 6.10. The predicted octanol–water partition coefficient (Wildman–Crippen LogP) is 4.56. The fourth-order valence-electron chi connectivity index (χ4n) is 2.07. The van der Waals surface area contributed by atoms with Gasteiger partial charge < -0.3 is 4.42 Å².